The van der Waals surface area contributed by atoms with Gasteiger partial charge >= 0.3 is 0 Å². The number of nitrogens with zero attached hydrogens (tertiary/aromatic N) is 1. The van der Waals surface area contributed by atoms with Crippen LogP contribution in [-0.4, -0.2) is 18.0 Å². The van der Waals surface area contributed by atoms with Gasteiger partial charge in [0.15, 0.2) is 0 Å². The monoisotopic (exact) mass is 285 g/mol. The minimum Gasteiger partial charge on any atom is -0.389 e. The minimum atomic E-state index is -0.353. The summed E-state index contributed by atoms with van der Waals surface area (Å²) >= 11 is 0. The molecular weight excluding hydrogens is 262 g/mol. The van der Waals surface area contributed by atoms with E-state index in [-0.39, 0.29) is 17.0 Å². The number of carbonyl (C=O) groups is 1. The van der Waals surface area contributed by atoms with E-state index in [2.05, 4.69) is 29.7 Å². The van der Waals surface area contributed by atoms with E-state index >= 15 is 0 Å². The van der Waals surface area contributed by atoms with Crippen LogP contribution in [0, 0.1) is 18.3 Å². The first-order chi connectivity index (χ1) is 9.83. The van der Waals surface area contributed by atoms with Gasteiger partial charge < -0.3 is 10.6 Å². The van der Waals surface area contributed by atoms with Crippen molar-refractivity contribution in [2.24, 2.45) is 0 Å². The van der Waals surface area contributed by atoms with Gasteiger partial charge in [0, 0.05) is 18.3 Å². The smallest absolute Gasteiger partial charge is 0.263 e. The van der Waals surface area contributed by atoms with Crippen LogP contribution in [0.25, 0.3) is 0 Å². The van der Waals surface area contributed by atoms with E-state index in [0.717, 1.165) is 6.42 Å². The lowest BCUT2D eigenvalue weighted by molar-refractivity contribution is -0.118. The first-order valence-corrected chi connectivity index (χ1v) is 7.04. The number of nitriles is 1. The third-order valence-electron chi connectivity index (χ3n) is 2.90. The largest absolute Gasteiger partial charge is 0.389 e. The molecule has 0 aliphatic heterocycles. The molecule has 0 aliphatic carbocycles. The molecule has 0 saturated carbocycles. The Balaban J connectivity index is 2.53. The second kappa shape index (κ2) is 7.49. The number of hydrogen-bond donors (Lipinski definition) is 2. The van der Waals surface area contributed by atoms with E-state index < -0.39 is 0 Å². The molecule has 1 amide bonds. The Morgan fingerprint density at radius 1 is 1.33 bits per heavy atom. The molecule has 1 aromatic rings. The normalized spacial score (nSPS) is 11.7. The lowest BCUT2D eigenvalue weighted by Gasteiger charge is -2.20. The Kier molecular flexibility index (Phi) is 5.98. The molecule has 0 fully saturated rings. The van der Waals surface area contributed by atoms with Crippen molar-refractivity contribution in [1.82, 2.24) is 10.6 Å². The summed E-state index contributed by atoms with van der Waals surface area (Å²) in [7, 11) is 0. The predicted octanol–water partition coefficient (Wildman–Crippen LogP) is 2.45. The summed E-state index contributed by atoms with van der Waals surface area (Å²) in [4.78, 5) is 11.9. The lowest BCUT2D eigenvalue weighted by Crippen LogP contribution is -2.41. The molecule has 112 valence electrons. The number of nitrogens with one attached hydrogen (secondary N) is 2. The lowest BCUT2D eigenvalue weighted by atomic mass is 10.1. The first kappa shape index (κ1) is 16.8. The number of aryl methyl sites for hydroxylation is 1. The highest BCUT2D eigenvalue weighted by Crippen LogP contribution is 2.07. The summed E-state index contributed by atoms with van der Waals surface area (Å²) in [5.41, 5.74) is 2.24. The van der Waals surface area contributed by atoms with Crippen molar-refractivity contribution in [3.8, 4) is 6.07 Å². The molecule has 0 heterocycles. The fourth-order valence-electron chi connectivity index (χ4n) is 1.83. The fourth-order valence-corrected chi connectivity index (χ4v) is 1.83. The SMILES string of the molecule is Cc1ccccc1CCN/C=C(/C#N)C(=O)NC(C)(C)C. The second-order valence-corrected chi connectivity index (χ2v) is 6.00. The van der Waals surface area contributed by atoms with Crippen molar-refractivity contribution in [2.45, 2.75) is 39.7 Å². The average molecular weight is 285 g/mol. The highest BCUT2D eigenvalue weighted by molar-refractivity contribution is 5.97. The highest BCUT2D eigenvalue weighted by Gasteiger charge is 2.16. The van der Waals surface area contributed by atoms with Gasteiger partial charge in [-0.2, -0.15) is 5.26 Å². The zero-order valence-electron chi connectivity index (χ0n) is 13.2. The fraction of sp³-hybridized carbons (Fsp3) is 0.412. The zero-order valence-corrected chi connectivity index (χ0v) is 13.2. The molecule has 1 aromatic carbocycles. The Morgan fingerprint density at radius 3 is 2.57 bits per heavy atom. The Bertz CT molecular complexity index is 562. The van der Waals surface area contributed by atoms with E-state index in [1.807, 2.05) is 39.0 Å². The molecule has 0 radical (unpaired) electrons. The quantitative estimate of drug-likeness (QED) is 0.496. The first-order valence-electron chi connectivity index (χ1n) is 7.04. The van der Waals surface area contributed by atoms with Crippen molar-refractivity contribution >= 4 is 5.91 Å². The molecule has 0 aromatic heterocycles. The van der Waals surface area contributed by atoms with Crippen LogP contribution < -0.4 is 10.6 Å². The molecule has 0 saturated heterocycles. The molecule has 4 heteroatoms. The van der Waals surface area contributed by atoms with E-state index in [1.165, 1.54) is 17.3 Å². The van der Waals surface area contributed by atoms with Crippen molar-refractivity contribution < 1.29 is 4.79 Å². The van der Waals surface area contributed by atoms with Crippen LogP contribution in [0.5, 0.6) is 0 Å². The summed E-state index contributed by atoms with van der Waals surface area (Å²) in [6.07, 6.45) is 2.34. The maximum Gasteiger partial charge on any atom is 0.263 e. The third kappa shape index (κ3) is 6.13. The van der Waals surface area contributed by atoms with Crippen molar-refractivity contribution in [2.75, 3.05) is 6.54 Å². The standard InChI is InChI=1S/C17H23N3O/c1-13-7-5-6-8-14(13)9-10-19-12-15(11-18)16(21)20-17(2,3)4/h5-8,12,19H,9-10H2,1-4H3,(H,20,21)/b15-12-. The molecular formula is C17H23N3O. The summed E-state index contributed by atoms with van der Waals surface area (Å²) in [6, 6.07) is 10.1. The summed E-state index contributed by atoms with van der Waals surface area (Å²) in [5, 5.41) is 14.8. The van der Waals surface area contributed by atoms with Crippen LogP contribution in [-0.2, 0) is 11.2 Å². The van der Waals surface area contributed by atoms with Gasteiger partial charge in [0.25, 0.3) is 5.91 Å². The summed E-state index contributed by atoms with van der Waals surface area (Å²) in [5.74, 6) is -0.353. The molecule has 0 unspecified atom stereocenters. The van der Waals surface area contributed by atoms with Gasteiger partial charge in [0.05, 0.1) is 0 Å². The Labute approximate surface area is 126 Å². The van der Waals surface area contributed by atoms with Gasteiger partial charge in [-0.25, -0.2) is 0 Å². The van der Waals surface area contributed by atoms with Gasteiger partial charge in [0.1, 0.15) is 11.6 Å². The van der Waals surface area contributed by atoms with Crippen molar-refractivity contribution in [3.63, 3.8) is 0 Å². The third-order valence-corrected chi connectivity index (χ3v) is 2.90. The topological polar surface area (TPSA) is 64.9 Å². The van der Waals surface area contributed by atoms with Crippen LogP contribution in [0.2, 0.25) is 0 Å². The molecule has 21 heavy (non-hydrogen) atoms. The number of carbonyl (C=O) groups excluding carboxylic acids is 1. The number of hydrogen-bond acceptors (Lipinski definition) is 3. The van der Waals surface area contributed by atoms with Crippen LogP contribution in [0.15, 0.2) is 36.0 Å². The van der Waals surface area contributed by atoms with Gasteiger partial charge in [-0.3, -0.25) is 4.79 Å². The average Bonchev–Trinajstić information content (AvgIpc) is 2.38. The maximum atomic E-state index is 11.9. The molecule has 0 aliphatic rings. The summed E-state index contributed by atoms with van der Waals surface area (Å²) in [6.45, 7) is 8.39. The van der Waals surface area contributed by atoms with E-state index in [4.69, 9.17) is 5.26 Å². The van der Waals surface area contributed by atoms with Gasteiger partial charge in [0.2, 0.25) is 0 Å². The molecule has 0 atom stereocenters. The number of rotatable bonds is 5. The van der Waals surface area contributed by atoms with Crippen LogP contribution in [0.4, 0.5) is 0 Å². The highest BCUT2D eigenvalue weighted by atomic mass is 16.1. The Hall–Kier alpha value is -2.28. The summed E-state index contributed by atoms with van der Waals surface area (Å²) < 4.78 is 0. The van der Waals surface area contributed by atoms with E-state index in [0.29, 0.717) is 6.54 Å². The van der Waals surface area contributed by atoms with Gasteiger partial charge in [-0.1, -0.05) is 24.3 Å². The Morgan fingerprint density at radius 2 is 2.00 bits per heavy atom. The second-order valence-electron chi connectivity index (χ2n) is 6.00. The molecule has 0 spiro atoms. The predicted molar refractivity (Wildman–Crippen MR) is 84.5 cm³/mol. The molecule has 0 bridgehead atoms. The van der Waals surface area contributed by atoms with E-state index in [1.54, 1.807) is 0 Å². The van der Waals surface area contributed by atoms with Crippen molar-refractivity contribution in [3.05, 3.63) is 47.2 Å². The number of amides is 1. The zero-order chi connectivity index (χ0) is 15.9. The maximum absolute atomic E-state index is 11.9. The minimum absolute atomic E-state index is 0.0923. The molecule has 1 rings (SSSR count). The van der Waals surface area contributed by atoms with Gasteiger partial charge in [-0.15, -0.1) is 0 Å². The van der Waals surface area contributed by atoms with Gasteiger partial charge in [-0.05, 0) is 45.2 Å². The van der Waals surface area contributed by atoms with Crippen LogP contribution in [0.1, 0.15) is 31.9 Å². The van der Waals surface area contributed by atoms with Crippen LogP contribution in [0.3, 0.4) is 0 Å². The molecule has 2 N–H and O–H groups in total. The van der Waals surface area contributed by atoms with E-state index in [9.17, 15) is 4.79 Å². The number of benzene rings is 1. The molecule has 4 nitrogen and oxygen atoms in total. The van der Waals surface area contributed by atoms with Crippen LogP contribution >= 0.6 is 0 Å². The van der Waals surface area contributed by atoms with Crippen molar-refractivity contribution in [1.29, 1.82) is 5.26 Å².